The van der Waals surface area contributed by atoms with Gasteiger partial charge in [0.15, 0.2) is 11.6 Å². The van der Waals surface area contributed by atoms with Gasteiger partial charge in [0.25, 0.3) is 0 Å². The van der Waals surface area contributed by atoms with Gasteiger partial charge >= 0.3 is 0 Å². The fourth-order valence-electron chi connectivity index (χ4n) is 2.92. The van der Waals surface area contributed by atoms with E-state index in [1.54, 1.807) is 23.9 Å². The van der Waals surface area contributed by atoms with Gasteiger partial charge in [-0.1, -0.05) is 13.0 Å². The second-order valence-corrected chi connectivity index (χ2v) is 7.31. The Morgan fingerprint density at radius 2 is 1.89 bits per heavy atom. The molecule has 27 heavy (non-hydrogen) atoms. The SMILES string of the molecule is CCCC(=O)N(C)CCN(C)C(C(=O)NCC1CC1)c1ccc(F)c(F)c1. The molecule has 1 unspecified atom stereocenters. The predicted molar refractivity (Wildman–Crippen MR) is 100 cm³/mol. The number of hydrogen-bond acceptors (Lipinski definition) is 3. The topological polar surface area (TPSA) is 52.7 Å². The smallest absolute Gasteiger partial charge is 0.241 e. The summed E-state index contributed by atoms with van der Waals surface area (Å²) in [6, 6.07) is 2.80. The molecule has 0 bridgehead atoms. The van der Waals surface area contributed by atoms with Crippen molar-refractivity contribution in [3.8, 4) is 0 Å². The quantitative estimate of drug-likeness (QED) is 0.678. The van der Waals surface area contributed by atoms with Crippen LogP contribution in [0.1, 0.15) is 44.2 Å². The van der Waals surface area contributed by atoms with Crippen LogP contribution in [-0.2, 0) is 9.59 Å². The average Bonchev–Trinajstić information content (AvgIpc) is 3.45. The zero-order chi connectivity index (χ0) is 20.0. The molecule has 5 nitrogen and oxygen atoms in total. The fraction of sp³-hybridized carbons (Fsp3) is 0.600. The summed E-state index contributed by atoms with van der Waals surface area (Å²) in [7, 11) is 3.48. The van der Waals surface area contributed by atoms with Gasteiger partial charge in [-0.3, -0.25) is 14.5 Å². The number of hydrogen-bond donors (Lipinski definition) is 1. The maximum atomic E-state index is 13.7. The van der Waals surface area contributed by atoms with E-state index in [1.807, 2.05) is 6.92 Å². The number of amides is 2. The Morgan fingerprint density at radius 3 is 2.48 bits per heavy atom. The molecule has 0 aromatic heterocycles. The van der Waals surface area contributed by atoms with Gasteiger partial charge in [-0.25, -0.2) is 8.78 Å². The van der Waals surface area contributed by atoms with E-state index < -0.39 is 17.7 Å². The van der Waals surface area contributed by atoms with E-state index in [1.165, 1.54) is 6.07 Å². The van der Waals surface area contributed by atoms with Crippen LogP contribution < -0.4 is 5.32 Å². The zero-order valence-corrected chi connectivity index (χ0v) is 16.3. The first-order chi connectivity index (χ1) is 12.8. The van der Waals surface area contributed by atoms with Gasteiger partial charge in [0.1, 0.15) is 6.04 Å². The normalized spacial score (nSPS) is 14.9. The number of benzene rings is 1. The monoisotopic (exact) mass is 381 g/mol. The Labute approximate surface area is 159 Å². The standard InChI is InChI=1S/C20H29F2N3O2/c1-4-5-18(26)24(2)10-11-25(3)19(20(27)23-13-14-6-7-14)15-8-9-16(21)17(22)12-15/h8-9,12,14,19H,4-7,10-11,13H2,1-3H3,(H,23,27). The zero-order valence-electron chi connectivity index (χ0n) is 16.3. The van der Waals surface area contributed by atoms with Crippen molar-refractivity contribution in [1.82, 2.24) is 15.1 Å². The molecule has 0 spiro atoms. The lowest BCUT2D eigenvalue weighted by atomic mass is 10.0. The summed E-state index contributed by atoms with van der Waals surface area (Å²) < 4.78 is 27.0. The van der Waals surface area contributed by atoms with Crippen LogP contribution in [0.2, 0.25) is 0 Å². The second-order valence-electron chi connectivity index (χ2n) is 7.31. The van der Waals surface area contributed by atoms with Gasteiger partial charge in [-0.05, 0) is 49.9 Å². The molecule has 0 radical (unpaired) electrons. The van der Waals surface area contributed by atoms with Crippen molar-refractivity contribution in [2.75, 3.05) is 33.7 Å². The van der Waals surface area contributed by atoms with Crippen molar-refractivity contribution in [2.24, 2.45) is 5.92 Å². The minimum atomic E-state index is -0.976. The summed E-state index contributed by atoms with van der Waals surface area (Å²) in [4.78, 5) is 28.1. The fourth-order valence-corrected chi connectivity index (χ4v) is 2.92. The third-order valence-corrected chi connectivity index (χ3v) is 4.89. The highest BCUT2D eigenvalue weighted by Crippen LogP contribution is 2.28. The lowest BCUT2D eigenvalue weighted by molar-refractivity contribution is -0.130. The third kappa shape index (κ3) is 6.27. The maximum absolute atomic E-state index is 13.7. The summed E-state index contributed by atoms with van der Waals surface area (Å²) in [6.45, 7) is 3.43. The second kappa shape index (κ2) is 9.78. The van der Waals surface area contributed by atoms with Crippen molar-refractivity contribution in [3.63, 3.8) is 0 Å². The Bertz CT molecular complexity index is 665. The van der Waals surface area contributed by atoms with Gasteiger partial charge in [-0.15, -0.1) is 0 Å². The molecule has 1 aromatic rings. The lowest BCUT2D eigenvalue weighted by Gasteiger charge is -2.29. The van der Waals surface area contributed by atoms with Crippen LogP contribution in [0.5, 0.6) is 0 Å². The minimum Gasteiger partial charge on any atom is -0.354 e. The average molecular weight is 381 g/mol. The number of nitrogens with one attached hydrogen (secondary N) is 1. The van der Waals surface area contributed by atoms with Gasteiger partial charge in [0.05, 0.1) is 0 Å². The molecule has 1 aliphatic carbocycles. The number of carbonyl (C=O) groups excluding carboxylic acids is 2. The molecule has 1 fully saturated rings. The van der Waals surface area contributed by atoms with E-state index in [0.717, 1.165) is 31.4 Å². The molecule has 1 atom stereocenters. The Balaban J connectivity index is 2.08. The van der Waals surface area contributed by atoms with Gasteiger partial charge < -0.3 is 10.2 Å². The van der Waals surface area contributed by atoms with Crippen molar-refractivity contribution in [1.29, 1.82) is 0 Å². The van der Waals surface area contributed by atoms with E-state index in [9.17, 15) is 18.4 Å². The van der Waals surface area contributed by atoms with Crippen molar-refractivity contribution >= 4 is 11.8 Å². The highest BCUT2D eigenvalue weighted by molar-refractivity contribution is 5.83. The molecule has 1 saturated carbocycles. The van der Waals surface area contributed by atoms with Crippen molar-refractivity contribution < 1.29 is 18.4 Å². The highest BCUT2D eigenvalue weighted by atomic mass is 19.2. The van der Waals surface area contributed by atoms with Crippen LogP contribution in [0.3, 0.4) is 0 Å². The molecular formula is C20H29F2N3O2. The van der Waals surface area contributed by atoms with Crippen molar-refractivity contribution in [2.45, 2.75) is 38.6 Å². The predicted octanol–water partition coefficient (Wildman–Crippen LogP) is 2.72. The molecule has 2 amide bonds. The maximum Gasteiger partial charge on any atom is 0.241 e. The Hall–Kier alpha value is -2.02. The first kappa shape index (κ1) is 21.3. The summed E-state index contributed by atoms with van der Waals surface area (Å²) in [6.07, 6.45) is 3.47. The molecular weight excluding hydrogens is 352 g/mol. The first-order valence-corrected chi connectivity index (χ1v) is 9.50. The number of nitrogens with zero attached hydrogens (tertiary/aromatic N) is 2. The number of halogens is 2. The molecule has 1 aromatic carbocycles. The van der Waals surface area contributed by atoms with Crippen LogP contribution in [0.25, 0.3) is 0 Å². The van der Waals surface area contributed by atoms with Crippen molar-refractivity contribution in [3.05, 3.63) is 35.4 Å². The number of carbonyl (C=O) groups is 2. The van der Waals surface area contributed by atoms with Crippen LogP contribution in [0.4, 0.5) is 8.78 Å². The number of rotatable bonds is 10. The molecule has 0 heterocycles. The summed E-state index contributed by atoms with van der Waals surface area (Å²) in [5.74, 6) is -1.59. The van der Waals surface area contributed by atoms with E-state index in [4.69, 9.17) is 0 Å². The summed E-state index contributed by atoms with van der Waals surface area (Å²) in [5.41, 5.74) is 0.396. The molecule has 1 N–H and O–H groups in total. The third-order valence-electron chi connectivity index (χ3n) is 4.89. The molecule has 1 aliphatic rings. The Kier molecular flexibility index (Phi) is 7.71. The summed E-state index contributed by atoms with van der Waals surface area (Å²) in [5, 5.41) is 2.91. The Morgan fingerprint density at radius 1 is 1.19 bits per heavy atom. The van der Waals surface area contributed by atoms with Crippen LogP contribution >= 0.6 is 0 Å². The summed E-state index contributed by atoms with van der Waals surface area (Å²) >= 11 is 0. The number of likely N-dealkylation sites (N-methyl/N-ethyl adjacent to an activating group) is 2. The van der Waals surface area contributed by atoms with Crippen LogP contribution in [0, 0.1) is 17.6 Å². The van der Waals surface area contributed by atoms with E-state index >= 15 is 0 Å². The molecule has 150 valence electrons. The van der Waals surface area contributed by atoms with Gasteiger partial charge in [0.2, 0.25) is 11.8 Å². The molecule has 0 saturated heterocycles. The molecule has 0 aliphatic heterocycles. The molecule has 2 rings (SSSR count). The van der Waals surface area contributed by atoms with E-state index in [-0.39, 0.29) is 11.8 Å². The molecule has 7 heteroatoms. The van der Waals surface area contributed by atoms with Gasteiger partial charge in [-0.2, -0.15) is 0 Å². The van der Waals surface area contributed by atoms with E-state index in [2.05, 4.69) is 5.32 Å². The first-order valence-electron chi connectivity index (χ1n) is 9.50. The minimum absolute atomic E-state index is 0.0495. The largest absolute Gasteiger partial charge is 0.354 e. The van der Waals surface area contributed by atoms with Gasteiger partial charge in [0, 0.05) is 33.1 Å². The lowest BCUT2D eigenvalue weighted by Crippen LogP contribution is -2.42. The highest BCUT2D eigenvalue weighted by Gasteiger charge is 2.29. The van der Waals surface area contributed by atoms with Crippen LogP contribution in [0.15, 0.2) is 18.2 Å². The van der Waals surface area contributed by atoms with E-state index in [0.29, 0.717) is 37.5 Å². The van der Waals surface area contributed by atoms with Crippen LogP contribution in [-0.4, -0.2) is 55.3 Å².